The zero-order valence-corrected chi connectivity index (χ0v) is 11.1. The van der Waals surface area contributed by atoms with E-state index in [0.29, 0.717) is 6.54 Å². The van der Waals surface area contributed by atoms with E-state index in [4.69, 9.17) is 0 Å². The molecule has 4 nitrogen and oxygen atoms in total. The molecule has 84 valence electrons. The summed E-state index contributed by atoms with van der Waals surface area (Å²) in [6, 6.07) is 0. The van der Waals surface area contributed by atoms with Crippen LogP contribution in [0, 0.1) is 19.8 Å². The average molecular weight is 274 g/mol. The number of halogens is 1. The van der Waals surface area contributed by atoms with Crippen LogP contribution in [0.25, 0.3) is 0 Å². The van der Waals surface area contributed by atoms with Crippen molar-refractivity contribution in [3.63, 3.8) is 0 Å². The minimum absolute atomic E-state index is 0.0404. The third-order valence-electron chi connectivity index (χ3n) is 2.43. The summed E-state index contributed by atoms with van der Waals surface area (Å²) in [5, 5.41) is 6.99. The summed E-state index contributed by atoms with van der Waals surface area (Å²) in [6.07, 6.45) is 0. The SMILES string of the molecule is CNC(=O)C(C)Cn1nc(C)c(Br)c1C. The Balaban J connectivity index is 2.81. The molecule has 0 saturated heterocycles. The van der Waals surface area contributed by atoms with Crippen LogP contribution in [-0.2, 0) is 11.3 Å². The fraction of sp³-hybridized carbons (Fsp3) is 0.600. The van der Waals surface area contributed by atoms with Crippen molar-refractivity contribution >= 4 is 21.8 Å². The molecule has 0 bridgehead atoms. The van der Waals surface area contributed by atoms with E-state index in [1.807, 2.05) is 25.5 Å². The van der Waals surface area contributed by atoms with Gasteiger partial charge in [0, 0.05) is 12.7 Å². The minimum atomic E-state index is -0.0695. The van der Waals surface area contributed by atoms with Crippen LogP contribution in [0.3, 0.4) is 0 Å². The summed E-state index contributed by atoms with van der Waals surface area (Å²) < 4.78 is 2.88. The molecule has 1 N–H and O–H groups in total. The van der Waals surface area contributed by atoms with Crippen LogP contribution in [0.4, 0.5) is 0 Å². The smallest absolute Gasteiger partial charge is 0.224 e. The van der Waals surface area contributed by atoms with Gasteiger partial charge in [-0.25, -0.2) is 0 Å². The molecule has 0 radical (unpaired) electrons. The van der Waals surface area contributed by atoms with E-state index in [0.717, 1.165) is 15.9 Å². The second-order valence-electron chi connectivity index (χ2n) is 3.68. The lowest BCUT2D eigenvalue weighted by Crippen LogP contribution is -2.29. The third kappa shape index (κ3) is 2.59. The first-order valence-electron chi connectivity index (χ1n) is 4.88. The number of aromatic nitrogens is 2. The van der Waals surface area contributed by atoms with E-state index in [9.17, 15) is 4.79 Å². The second kappa shape index (κ2) is 4.79. The van der Waals surface area contributed by atoms with E-state index < -0.39 is 0 Å². The quantitative estimate of drug-likeness (QED) is 0.911. The molecule has 1 heterocycles. The van der Waals surface area contributed by atoms with Crippen LogP contribution in [0.15, 0.2) is 4.47 Å². The van der Waals surface area contributed by atoms with Gasteiger partial charge in [-0.3, -0.25) is 9.48 Å². The Bertz CT molecular complexity index is 373. The number of hydrogen-bond donors (Lipinski definition) is 1. The van der Waals surface area contributed by atoms with Gasteiger partial charge < -0.3 is 5.32 Å². The molecule has 0 spiro atoms. The number of carbonyl (C=O) groups excluding carboxylic acids is 1. The van der Waals surface area contributed by atoms with Crippen LogP contribution >= 0.6 is 15.9 Å². The van der Waals surface area contributed by atoms with Crippen molar-refractivity contribution in [1.29, 1.82) is 0 Å². The van der Waals surface area contributed by atoms with Gasteiger partial charge in [0.15, 0.2) is 0 Å². The zero-order chi connectivity index (χ0) is 11.6. The van der Waals surface area contributed by atoms with Gasteiger partial charge in [-0.05, 0) is 29.8 Å². The first-order valence-corrected chi connectivity index (χ1v) is 5.67. The van der Waals surface area contributed by atoms with Gasteiger partial charge in [-0.15, -0.1) is 0 Å². The normalized spacial score (nSPS) is 12.6. The summed E-state index contributed by atoms with van der Waals surface area (Å²) in [4.78, 5) is 11.4. The highest BCUT2D eigenvalue weighted by atomic mass is 79.9. The lowest BCUT2D eigenvalue weighted by Gasteiger charge is -2.11. The molecular weight excluding hydrogens is 258 g/mol. The Morgan fingerprint density at radius 3 is 2.60 bits per heavy atom. The summed E-state index contributed by atoms with van der Waals surface area (Å²) >= 11 is 3.46. The van der Waals surface area contributed by atoms with E-state index in [-0.39, 0.29) is 11.8 Å². The third-order valence-corrected chi connectivity index (χ3v) is 3.58. The Hall–Kier alpha value is -0.840. The first-order chi connectivity index (χ1) is 6.97. The Morgan fingerprint density at radius 2 is 2.20 bits per heavy atom. The van der Waals surface area contributed by atoms with Gasteiger partial charge in [-0.1, -0.05) is 6.92 Å². The number of rotatable bonds is 3. The number of nitrogens with one attached hydrogen (secondary N) is 1. The predicted octanol–water partition coefficient (Wildman–Crippen LogP) is 1.64. The zero-order valence-electron chi connectivity index (χ0n) is 9.47. The number of nitrogens with zero attached hydrogens (tertiary/aromatic N) is 2. The van der Waals surface area contributed by atoms with Crippen LogP contribution < -0.4 is 5.32 Å². The lowest BCUT2D eigenvalue weighted by atomic mass is 10.1. The van der Waals surface area contributed by atoms with E-state index in [2.05, 4.69) is 26.3 Å². The van der Waals surface area contributed by atoms with E-state index >= 15 is 0 Å². The highest BCUT2D eigenvalue weighted by Gasteiger charge is 2.15. The number of amides is 1. The lowest BCUT2D eigenvalue weighted by molar-refractivity contribution is -0.124. The summed E-state index contributed by atoms with van der Waals surface area (Å²) in [5.74, 6) is -0.0291. The number of aryl methyl sites for hydroxylation is 1. The molecule has 0 saturated carbocycles. The van der Waals surface area contributed by atoms with Crippen molar-refractivity contribution in [2.24, 2.45) is 5.92 Å². The largest absolute Gasteiger partial charge is 0.359 e. The van der Waals surface area contributed by atoms with Gasteiger partial charge >= 0.3 is 0 Å². The van der Waals surface area contributed by atoms with Gasteiger partial charge in [0.25, 0.3) is 0 Å². The van der Waals surface area contributed by atoms with Gasteiger partial charge in [0.2, 0.25) is 5.91 Å². The number of carbonyl (C=O) groups is 1. The summed E-state index contributed by atoms with van der Waals surface area (Å²) in [5.41, 5.74) is 2.01. The van der Waals surface area contributed by atoms with Crippen molar-refractivity contribution < 1.29 is 4.79 Å². The van der Waals surface area contributed by atoms with Crippen LogP contribution in [-0.4, -0.2) is 22.7 Å². The van der Waals surface area contributed by atoms with Crippen LogP contribution in [0.5, 0.6) is 0 Å². The molecule has 0 aliphatic rings. The molecule has 0 aliphatic carbocycles. The standard InChI is InChI=1S/C10H16BrN3O/c1-6(10(15)12-4)5-14-8(3)9(11)7(2)13-14/h6H,5H2,1-4H3,(H,12,15). The molecule has 1 aromatic rings. The molecule has 0 aliphatic heterocycles. The summed E-state index contributed by atoms with van der Waals surface area (Å²) in [6.45, 7) is 6.43. The summed E-state index contributed by atoms with van der Waals surface area (Å²) in [7, 11) is 1.65. The second-order valence-corrected chi connectivity index (χ2v) is 4.48. The van der Waals surface area contributed by atoms with E-state index in [1.165, 1.54) is 0 Å². The Kier molecular flexibility index (Phi) is 3.90. The van der Waals surface area contributed by atoms with Crippen molar-refractivity contribution in [2.45, 2.75) is 27.3 Å². The molecule has 1 aromatic heterocycles. The maximum absolute atomic E-state index is 11.4. The van der Waals surface area contributed by atoms with Crippen LogP contribution in [0.1, 0.15) is 18.3 Å². The van der Waals surface area contributed by atoms with Gasteiger partial charge in [0.1, 0.15) is 0 Å². The molecule has 15 heavy (non-hydrogen) atoms. The molecular formula is C10H16BrN3O. The van der Waals surface area contributed by atoms with Gasteiger partial charge in [0.05, 0.1) is 22.6 Å². The monoisotopic (exact) mass is 273 g/mol. The van der Waals surface area contributed by atoms with Crippen LogP contribution in [0.2, 0.25) is 0 Å². The molecule has 1 unspecified atom stereocenters. The highest BCUT2D eigenvalue weighted by Crippen LogP contribution is 2.20. The fourth-order valence-electron chi connectivity index (χ4n) is 1.44. The minimum Gasteiger partial charge on any atom is -0.359 e. The van der Waals surface area contributed by atoms with Crippen molar-refractivity contribution in [1.82, 2.24) is 15.1 Å². The van der Waals surface area contributed by atoms with Gasteiger partial charge in [-0.2, -0.15) is 5.10 Å². The molecule has 1 amide bonds. The maximum Gasteiger partial charge on any atom is 0.224 e. The van der Waals surface area contributed by atoms with Crippen molar-refractivity contribution in [3.8, 4) is 0 Å². The Morgan fingerprint density at radius 1 is 1.60 bits per heavy atom. The molecule has 1 rings (SSSR count). The van der Waals surface area contributed by atoms with E-state index in [1.54, 1.807) is 7.05 Å². The first kappa shape index (κ1) is 12.2. The molecule has 1 atom stereocenters. The molecule has 5 heteroatoms. The van der Waals surface area contributed by atoms with Crippen molar-refractivity contribution in [2.75, 3.05) is 7.05 Å². The fourth-order valence-corrected chi connectivity index (χ4v) is 1.73. The highest BCUT2D eigenvalue weighted by molar-refractivity contribution is 9.10. The van der Waals surface area contributed by atoms with Crippen molar-refractivity contribution in [3.05, 3.63) is 15.9 Å². The number of hydrogen-bond acceptors (Lipinski definition) is 2. The predicted molar refractivity (Wildman–Crippen MR) is 62.6 cm³/mol. The maximum atomic E-state index is 11.4. The molecule has 0 aromatic carbocycles. The topological polar surface area (TPSA) is 46.9 Å². The average Bonchev–Trinajstić information content (AvgIpc) is 2.45. The molecule has 0 fully saturated rings. The Labute approximate surface area is 98.2 Å².